The highest BCUT2D eigenvalue weighted by molar-refractivity contribution is 8.09. The molecule has 0 amide bonds. The first-order valence-corrected chi connectivity index (χ1v) is 9.40. The summed E-state index contributed by atoms with van der Waals surface area (Å²) in [6.07, 6.45) is 0.147. The van der Waals surface area contributed by atoms with Gasteiger partial charge in [0.1, 0.15) is 0 Å². The van der Waals surface area contributed by atoms with Crippen molar-refractivity contribution in [1.29, 1.82) is 0 Å². The summed E-state index contributed by atoms with van der Waals surface area (Å²) in [7, 11) is -4.57. The summed E-state index contributed by atoms with van der Waals surface area (Å²) < 4.78 is 57.0. The molecule has 1 saturated heterocycles. The molecular formula is C12H16O6S2. The fourth-order valence-corrected chi connectivity index (χ4v) is 7.50. The van der Waals surface area contributed by atoms with Crippen molar-refractivity contribution in [3.8, 4) is 11.5 Å². The van der Waals surface area contributed by atoms with E-state index in [4.69, 9.17) is 9.47 Å². The number of sulfone groups is 2. The van der Waals surface area contributed by atoms with E-state index in [1.165, 1.54) is 32.4 Å². The molecule has 0 aliphatic carbocycles. The van der Waals surface area contributed by atoms with Crippen LogP contribution in [0.3, 0.4) is 0 Å². The SMILES string of the molecule is COc1ccc(C2S(=O)(=O)CCCS2(=O)=O)cc1OC. The summed E-state index contributed by atoms with van der Waals surface area (Å²) in [6, 6.07) is 4.37. The van der Waals surface area contributed by atoms with Crippen LogP contribution in [0.1, 0.15) is 16.6 Å². The molecule has 6 nitrogen and oxygen atoms in total. The topological polar surface area (TPSA) is 86.7 Å². The maximum atomic E-state index is 12.1. The molecule has 0 saturated carbocycles. The van der Waals surface area contributed by atoms with E-state index in [-0.39, 0.29) is 23.5 Å². The normalized spacial score (nSPS) is 21.3. The highest BCUT2D eigenvalue weighted by Gasteiger charge is 2.42. The van der Waals surface area contributed by atoms with Gasteiger partial charge in [0.25, 0.3) is 0 Å². The third-order valence-electron chi connectivity index (χ3n) is 3.19. The van der Waals surface area contributed by atoms with Crippen LogP contribution in [0.2, 0.25) is 0 Å². The van der Waals surface area contributed by atoms with Gasteiger partial charge in [0.15, 0.2) is 35.8 Å². The smallest absolute Gasteiger partial charge is 0.187 e. The average molecular weight is 320 g/mol. The minimum atomic E-state index is -3.71. The van der Waals surface area contributed by atoms with Crippen molar-refractivity contribution in [3.05, 3.63) is 23.8 Å². The van der Waals surface area contributed by atoms with E-state index in [9.17, 15) is 16.8 Å². The quantitative estimate of drug-likeness (QED) is 0.823. The van der Waals surface area contributed by atoms with Crippen molar-refractivity contribution in [2.75, 3.05) is 25.7 Å². The van der Waals surface area contributed by atoms with E-state index in [0.717, 1.165) is 0 Å². The molecule has 0 unspecified atom stereocenters. The second-order valence-electron chi connectivity index (χ2n) is 4.53. The van der Waals surface area contributed by atoms with Gasteiger partial charge in [0.2, 0.25) is 0 Å². The van der Waals surface area contributed by atoms with Gasteiger partial charge in [-0.3, -0.25) is 0 Å². The number of hydrogen-bond donors (Lipinski definition) is 0. The molecule has 1 aliphatic heterocycles. The van der Waals surface area contributed by atoms with E-state index < -0.39 is 24.3 Å². The van der Waals surface area contributed by atoms with Crippen LogP contribution in [0.5, 0.6) is 11.5 Å². The van der Waals surface area contributed by atoms with Crippen LogP contribution >= 0.6 is 0 Å². The highest BCUT2D eigenvalue weighted by Crippen LogP contribution is 2.38. The average Bonchev–Trinajstić information content (AvgIpc) is 2.36. The van der Waals surface area contributed by atoms with Crippen LogP contribution in [0.4, 0.5) is 0 Å². The van der Waals surface area contributed by atoms with Crippen LogP contribution in [0, 0.1) is 0 Å². The van der Waals surface area contributed by atoms with E-state index >= 15 is 0 Å². The Morgan fingerprint density at radius 2 is 1.50 bits per heavy atom. The van der Waals surface area contributed by atoms with E-state index in [1.54, 1.807) is 0 Å². The van der Waals surface area contributed by atoms with Gasteiger partial charge >= 0.3 is 0 Å². The molecule has 1 aromatic carbocycles. The van der Waals surface area contributed by atoms with Gasteiger partial charge in [0, 0.05) is 0 Å². The minimum Gasteiger partial charge on any atom is -0.493 e. The lowest BCUT2D eigenvalue weighted by molar-refractivity contribution is 0.354. The molecule has 0 aromatic heterocycles. The first-order chi connectivity index (χ1) is 9.31. The van der Waals surface area contributed by atoms with Gasteiger partial charge in [-0.1, -0.05) is 6.07 Å². The van der Waals surface area contributed by atoms with Crippen molar-refractivity contribution < 1.29 is 26.3 Å². The van der Waals surface area contributed by atoms with Crippen molar-refractivity contribution in [2.24, 2.45) is 0 Å². The number of rotatable bonds is 3. The zero-order valence-corrected chi connectivity index (χ0v) is 12.8. The third-order valence-corrected chi connectivity index (χ3v) is 8.51. The molecule has 1 aliphatic rings. The summed E-state index contributed by atoms with van der Waals surface area (Å²) in [6.45, 7) is 0. The lowest BCUT2D eigenvalue weighted by atomic mass is 10.2. The Morgan fingerprint density at radius 3 is 2.00 bits per heavy atom. The molecule has 0 N–H and O–H groups in total. The second-order valence-corrected chi connectivity index (χ2v) is 9.24. The van der Waals surface area contributed by atoms with Gasteiger partial charge in [-0.15, -0.1) is 0 Å². The van der Waals surface area contributed by atoms with Gasteiger partial charge in [0.05, 0.1) is 25.7 Å². The molecule has 0 radical (unpaired) electrons. The predicted octanol–water partition coefficient (Wildman–Crippen LogP) is 0.936. The Morgan fingerprint density at radius 1 is 0.950 bits per heavy atom. The third kappa shape index (κ3) is 2.62. The van der Waals surface area contributed by atoms with Crippen molar-refractivity contribution in [3.63, 3.8) is 0 Å². The molecule has 0 bridgehead atoms. The predicted molar refractivity (Wildman–Crippen MR) is 74.5 cm³/mol. The molecule has 1 fully saturated rings. The molecule has 0 atom stereocenters. The van der Waals surface area contributed by atoms with Crippen LogP contribution in [-0.4, -0.2) is 42.6 Å². The van der Waals surface area contributed by atoms with Gasteiger partial charge in [-0.2, -0.15) is 0 Å². The fourth-order valence-electron chi connectivity index (χ4n) is 2.31. The van der Waals surface area contributed by atoms with Crippen molar-refractivity contribution in [2.45, 2.75) is 11.0 Å². The number of hydrogen-bond acceptors (Lipinski definition) is 6. The Balaban J connectivity index is 2.59. The summed E-state index contributed by atoms with van der Waals surface area (Å²) in [5.41, 5.74) is 0.197. The van der Waals surface area contributed by atoms with Gasteiger partial charge in [-0.05, 0) is 24.1 Å². The molecular weight excluding hydrogens is 304 g/mol. The zero-order chi connectivity index (χ0) is 15.0. The maximum absolute atomic E-state index is 12.1. The molecule has 2 rings (SSSR count). The standard InChI is InChI=1S/C12H16O6S2/c1-17-10-5-4-9(8-11(10)18-2)12-19(13,14)6-3-7-20(12,15)16/h4-5,8,12H,3,6-7H2,1-2H3. The molecule has 8 heteroatoms. The molecule has 112 valence electrons. The van der Waals surface area contributed by atoms with Crippen LogP contribution in [0.15, 0.2) is 18.2 Å². The zero-order valence-electron chi connectivity index (χ0n) is 11.2. The van der Waals surface area contributed by atoms with E-state index in [2.05, 4.69) is 0 Å². The first kappa shape index (κ1) is 15.1. The Bertz CT molecular complexity index is 671. The minimum absolute atomic E-state index is 0.120. The number of ether oxygens (including phenoxy) is 2. The monoisotopic (exact) mass is 320 g/mol. The summed E-state index contributed by atoms with van der Waals surface area (Å²) in [5, 5.41) is 0. The van der Waals surface area contributed by atoms with Gasteiger partial charge < -0.3 is 9.47 Å². The second kappa shape index (κ2) is 5.25. The Labute approximate surface area is 118 Å². The fraction of sp³-hybridized carbons (Fsp3) is 0.500. The number of benzene rings is 1. The van der Waals surface area contributed by atoms with Crippen LogP contribution in [0.25, 0.3) is 0 Å². The molecule has 1 aromatic rings. The maximum Gasteiger partial charge on any atom is 0.187 e. The van der Waals surface area contributed by atoms with Crippen molar-refractivity contribution >= 4 is 19.7 Å². The molecule has 20 heavy (non-hydrogen) atoms. The van der Waals surface area contributed by atoms with Crippen molar-refractivity contribution in [1.82, 2.24) is 0 Å². The lowest BCUT2D eigenvalue weighted by Gasteiger charge is -2.23. The van der Waals surface area contributed by atoms with E-state index in [1.807, 2.05) is 0 Å². The highest BCUT2D eigenvalue weighted by atomic mass is 32.3. The Kier molecular flexibility index (Phi) is 3.97. The van der Waals surface area contributed by atoms with Crippen LogP contribution in [-0.2, 0) is 19.7 Å². The largest absolute Gasteiger partial charge is 0.493 e. The number of methoxy groups -OCH3 is 2. The summed E-state index contributed by atoms with van der Waals surface area (Å²) in [4.78, 5) is 0. The van der Waals surface area contributed by atoms with E-state index in [0.29, 0.717) is 11.5 Å². The molecule has 1 heterocycles. The van der Waals surface area contributed by atoms with Gasteiger partial charge in [-0.25, -0.2) is 16.8 Å². The lowest BCUT2D eigenvalue weighted by Crippen LogP contribution is -2.32. The first-order valence-electron chi connectivity index (χ1n) is 5.97. The Hall–Kier alpha value is -1.28. The molecule has 0 spiro atoms. The van der Waals surface area contributed by atoms with Crippen LogP contribution < -0.4 is 9.47 Å². The summed E-state index contributed by atoms with van der Waals surface area (Å²) >= 11 is 0. The summed E-state index contributed by atoms with van der Waals surface area (Å²) in [5.74, 6) is 0.485.